The number of pyridine rings is 1. The minimum absolute atomic E-state index is 0.0887. The summed E-state index contributed by atoms with van der Waals surface area (Å²) in [4.78, 5) is 27.7. The third-order valence-electron chi connectivity index (χ3n) is 2.96. The SMILES string of the molecule is CN1C(=O)CCC(NS(=O)(=O)c2ccc(Cl)nc2)C1=O. The number of rotatable bonds is 3. The fourth-order valence-corrected chi connectivity index (χ4v) is 3.08. The number of carbonyl (C=O) groups excluding carboxylic acids is 2. The Labute approximate surface area is 121 Å². The number of hydrogen-bond donors (Lipinski definition) is 1. The molecule has 1 N–H and O–H groups in total. The number of amides is 2. The summed E-state index contributed by atoms with van der Waals surface area (Å²) >= 11 is 5.59. The highest BCUT2D eigenvalue weighted by Crippen LogP contribution is 2.16. The summed E-state index contributed by atoms with van der Waals surface area (Å²) in [6, 6.07) is 1.69. The van der Waals surface area contributed by atoms with Crippen LogP contribution < -0.4 is 4.72 Å². The number of likely N-dealkylation sites (N-methyl/N-ethyl adjacent to an activating group) is 1. The van der Waals surface area contributed by atoms with Crippen LogP contribution in [-0.4, -0.2) is 43.2 Å². The summed E-state index contributed by atoms with van der Waals surface area (Å²) in [7, 11) is -2.55. The fraction of sp³-hybridized carbons (Fsp3) is 0.364. The molecule has 1 aromatic heterocycles. The topological polar surface area (TPSA) is 96.4 Å². The summed E-state index contributed by atoms with van der Waals surface area (Å²) in [5, 5.41) is 0.169. The van der Waals surface area contributed by atoms with Crippen molar-refractivity contribution in [3.05, 3.63) is 23.5 Å². The van der Waals surface area contributed by atoms with E-state index in [4.69, 9.17) is 11.6 Å². The van der Waals surface area contributed by atoms with Crippen LogP contribution in [0.4, 0.5) is 0 Å². The molecule has 9 heteroatoms. The third kappa shape index (κ3) is 2.97. The maximum atomic E-state index is 12.1. The van der Waals surface area contributed by atoms with Crippen molar-refractivity contribution < 1.29 is 18.0 Å². The number of nitrogens with one attached hydrogen (secondary N) is 1. The Balaban J connectivity index is 2.18. The van der Waals surface area contributed by atoms with Gasteiger partial charge in [-0.15, -0.1) is 0 Å². The molecule has 1 atom stereocenters. The molecule has 2 heterocycles. The minimum atomic E-state index is -3.88. The standard InChI is InChI=1S/C11H12ClN3O4S/c1-15-10(16)5-3-8(11(15)17)14-20(18,19)7-2-4-9(12)13-6-7/h2,4,6,8,14H,3,5H2,1H3. The number of halogens is 1. The van der Waals surface area contributed by atoms with Crippen LogP contribution in [0.3, 0.4) is 0 Å². The van der Waals surface area contributed by atoms with Crippen molar-refractivity contribution in [1.29, 1.82) is 0 Å². The third-order valence-corrected chi connectivity index (χ3v) is 4.64. The van der Waals surface area contributed by atoms with E-state index in [9.17, 15) is 18.0 Å². The number of sulfonamides is 1. The van der Waals surface area contributed by atoms with Gasteiger partial charge < -0.3 is 0 Å². The summed E-state index contributed by atoms with van der Waals surface area (Å²) in [6.45, 7) is 0. The zero-order valence-corrected chi connectivity index (χ0v) is 12.1. The van der Waals surface area contributed by atoms with Gasteiger partial charge in [-0.25, -0.2) is 13.4 Å². The van der Waals surface area contributed by atoms with E-state index in [1.54, 1.807) is 0 Å². The second kappa shape index (κ2) is 5.47. The van der Waals surface area contributed by atoms with Gasteiger partial charge in [0, 0.05) is 19.7 Å². The molecule has 108 valence electrons. The Morgan fingerprint density at radius 1 is 1.40 bits per heavy atom. The first-order chi connectivity index (χ1) is 9.31. The smallest absolute Gasteiger partial charge is 0.247 e. The molecule has 0 radical (unpaired) electrons. The molecule has 1 saturated heterocycles. The molecule has 20 heavy (non-hydrogen) atoms. The van der Waals surface area contributed by atoms with Crippen molar-refractivity contribution in [2.75, 3.05) is 7.05 Å². The van der Waals surface area contributed by atoms with E-state index in [2.05, 4.69) is 9.71 Å². The van der Waals surface area contributed by atoms with E-state index in [0.29, 0.717) is 0 Å². The lowest BCUT2D eigenvalue weighted by Crippen LogP contribution is -2.52. The Kier molecular flexibility index (Phi) is 4.07. The van der Waals surface area contributed by atoms with Crippen LogP contribution in [0, 0.1) is 0 Å². The largest absolute Gasteiger partial charge is 0.284 e. The molecule has 7 nitrogen and oxygen atoms in total. The van der Waals surface area contributed by atoms with E-state index in [0.717, 1.165) is 11.1 Å². The van der Waals surface area contributed by atoms with Crippen molar-refractivity contribution in [3.8, 4) is 0 Å². The first-order valence-electron chi connectivity index (χ1n) is 5.75. The Bertz CT molecular complexity index is 644. The average Bonchev–Trinajstić information content (AvgIpc) is 2.40. The number of likely N-dealkylation sites (tertiary alicyclic amines) is 1. The van der Waals surface area contributed by atoms with Gasteiger partial charge in [-0.3, -0.25) is 14.5 Å². The van der Waals surface area contributed by atoms with Crippen molar-refractivity contribution in [3.63, 3.8) is 0 Å². The van der Waals surface area contributed by atoms with E-state index >= 15 is 0 Å². The minimum Gasteiger partial charge on any atom is -0.284 e. The van der Waals surface area contributed by atoms with Crippen LogP contribution in [0.15, 0.2) is 23.2 Å². The molecule has 0 saturated carbocycles. The molecular formula is C11H12ClN3O4S. The van der Waals surface area contributed by atoms with Crippen LogP contribution in [0.2, 0.25) is 5.15 Å². The predicted octanol–water partition coefficient (Wildman–Crippen LogP) is 0.161. The molecule has 0 aliphatic carbocycles. The van der Waals surface area contributed by atoms with Gasteiger partial charge in [0.25, 0.3) is 0 Å². The Morgan fingerprint density at radius 2 is 2.10 bits per heavy atom. The normalized spacial score (nSPS) is 20.3. The van der Waals surface area contributed by atoms with Gasteiger partial charge in [-0.1, -0.05) is 11.6 Å². The number of aromatic nitrogens is 1. The highest BCUT2D eigenvalue weighted by atomic mass is 35.5. The lowest BCUT2D eigenvalue weighted by molar-refractivity contribution is -0.147. The molecule has 1 aromatic rings. The van der Waals surface area contributed by atoms with Gasteiger partial charge >= 0.3 is 0 Å². The van der Waals surface area contributed by atoms with Gasteiger partial charge in [-0.2, -0.15) is 4.72 Å². The second-order valence-corrected chi connectivity index (χ2v) is 6.42. The van der Waals surface area contributed by atoms with Crippen LogP contribution in [0.1, 0.15) is 12.8 Å². The number of nitrogens with zero attached hydrogens (tertiary/aromatic N) is 2. The van der Waals surface area contributed by atoms with Crippen LogP contribution in [0.25, 0.3) is 0 Å². The number of imide groups is 1. The zero-order valence-electron chi connectivity index (χ0n) is 10.5. The first-order valence-corrected chi connectivity index (χ1v) is 7.61. The Hall–Kier alpha value is -1.51. The molecule has 2 rings (SSSR count). The lowest BCUT2D eigenvalue weighted by Gasteiger charge is -2.27. The van der Waals surface area contributed by atoms with E-state index in [-0.39, 0.29) is 28.8 Å². The molecule has 1 unspecified atom stereocenters. The maximum absolute atomic E-state index is 12.1. The van der Waals surface area contributed by atoms with Gasteiger partial charge in [0.2, 0.25) is 21.8 Å². The molecule has 0 aromatic carbocycles. The highest BCUT2D eigenvalue weighted by molar-refractivity contribution is 7.89. The molecule has 0 spiro atoms. The average molecular weight is 318 g/mol. The van der Waals surface area contributed by atoms with Gasteiger partial charge in [0.15, 0.2) is 0 Å². The first kappa shape index (κ1) is 14.9. The van der Waals surface area contributed by atoms with Crippen LogP contribution in [-0.2, 0) is 19.6 Å². The monoisotopic (exact) mass is 317 g/mol. The maximum Gasteiger partial charge on any atom is 0.247 e. The van der Waals surface area contributed by atoms with Gasteiger partial charge in [-0.05, 0) is 18.6 Å². The quantitative estimate of drug-likeness (QED) is 0.633. The number of piperidine rings is 1. The van der Waals surface area contributed by atoms with E-state index in [1.807, 2.05) is 0 Å². The molecule has 1 fully saturated rings. The van der Waals surface area contributed by atoms with Gasteiger partial charge in [0.05, 0.1) is 0 Å². The molecule has 1 aliphatic heterocycles. The van der Waals surface area contributed by atoms with Gasteiger partial charge in [0.1, 0.15) is 16.1 Å². The summed E-state index contributed by atoms with van der Waals surface area (Å²) in [5.74, 6) is -0.884. The highest BCUT2D eigenvalue weighted by Gasteiger charge is 2.34. The van der Waals surface area contributed by atoms with Crippen LogP contribution >= 0.6 is 11.6 Å². The van der Waals surface area contributed by atoms with Crippen LogP contribution in [0.5, 0.6) is 0 Å². The van der Waals surface area contributed by atoms with E-state index in [1.165, 1.54) is 19.2 Å². The molecule has 1 aliphatic rings. The summed E-state index contributed by atoms with van der Waals surface area (Å²) in [6.07, 6.45) is 1.36. The number of carbonyl (C=O) groups is 2. The second-order valence-electron chi connectivity index (χ2n) is 4.32. The fourth-order valence-electron chi connectivity index (χ4n) is 1.80. The van der Waals surface area contributed by atoms with Crippen molar-refractivity contribution in [2.45, 2.75) is 23.8 Å². The van der Waals surface area contributed by atoms with Crippen molar-refractivity contribution >= 4 is 33.4 Å². The zero-order chi connectivity index (χ0) is 14.9. The summed E-state index contributed by atoms with van der Waals surface area (Å²) < 4.78 is 26.5. The molecule has 0 bridgehead atoms. The molecular weight excluding hydrogens is 306 g/mol. The van der Waals surface area contributed by atoms with Crippen molar-refractivity contribution in [1.82, 2.24) is 14.6 Å². The summed E-state index contributed by atoms with van der Waals surface area (Å²) in [5.41, 5.74) is 0. The van der Waals surface area contributed by atoms with Crippen molar-refractivity contribution in [2.24, 2.45) is 0 Å². The number of hydrogen-bond acceptors (Lipinski definition) is 5. The lowest BCUT2D eigenvalue weighted by atomic mass is 10.1. The predicted molar refractivity (Wildman–Crippen MR) is 70.4 cm³/mol. The molecule has 2 amide bonds. The Morgan fingerprint density at radius 3 is 2.70 bits per heavy atom. The van der Waals surface area contributed by atoms with E-state index < -0.39 is 22.0 Å².